The van der Waals surface area contributed by atoms with Crippen molar-refractivity contribution >= 4 is 11.8 Å². The number of carbonyl (C=O) groups is 2. The molecule has 0 aromatic heterocycles. The highest BCUT2D eigenvalue weighted by molar-refractivity contribution is 5.89. The lowest BCUT2D eigenvalue weighted by Crippen LogP contribution is -2.44. The first kappa shape index (κ1) is 15.5. The molecule has 1 aromatic rings. The molecule has 0 saturated carbocycles. The normalized spacial score (nSPS) is 19.4. The maximum absolute atomic E-state index is 12.6. The van der Waals surface area contributed by atoms with E-state index < -0.39 is 0 Å². The minimum atomic E-state index is -0.366. The fourth-order valence-electron chi connectivity index (χ4n) is 2.71. The number of hydrogen-bond donors (Lipinski definition) is 1. The molecule has 1 fully saturated rings. The van der Waals surface area contributed by atoms with E-state index in [1.165, 1.54) is 11.1 Å². The summed E-state index contributed by atoms with van der Waals surface area (Å²) >= 11 is 0. The summed E-state index contributed by atoms with van der Waals surface area (Å²) in [5, 5.41) is 2.84. The molecule has 0 aliphatic carbocycles. The van der Waals surface area contributed by atoms with Gasteiger partial charge in [0.25, 0.3) is 0 Å². The van der Waals surface area contributed by atoms with Crippen LogP contribution in [0.4, 0.5) is 0 Å². The van der Waals surface area contributed by atoms with Gasteiger partial charge in [-0.25, -0.2) is 0 Å². The number of benzene rings is 1. The highest BCUT2D eigenvalue weighted by Gasteiger charge is 2.29. The molecule has 4 nitrogen and oxygen atoms in total. The molecule has 114 valence electrons. The predicted octanol–water partition coefficient (Wildman–Crippen LogP) is 2.32. The zero-order valence-electron chi connectivity index (χ0n) is 13.1. The molecule has 1 aliphatic rings. The highest BCUT2D eigenvalue weighted by atomic mass is 16.2. The van der Waals surface area contributed by atoms with E-state index in [1.807, 2.05) is 11.8 Å². The third-order valence-corrected chi connectivity index (χ3v) is 4.00. The third-order valence-electron chi connectivity index (χ3n) is 4.00. The first-order valence-corrected chi connectivity index (χ1v) is 7.65. The van der Waals surface area contributed by atoms with E-state index >= 15 is 0 Å². The van der Waals surface area contributed by atoms with Gasteiger partial charge in [-0.3, -0.25) is 9.59 Å². The minimum Gasteiger partial charge on any atom is -0.344 e. The summed E-state index contributed by atoms with van der Waals surface area (Å²) in [6, 6.07) is 5.92. The van der Waals surface area contributed by atoms with E-state index in [2.05, 4.69) is 37.4 Å². The number of rotatable bonds is 4. The summed E-state index contributed by atoms with van der Waals surface area (Å²) in [5.74, 6) is 0.0221. The smallest absolute Gasteiger partial charge is 0.245 e. The van der Waals surface area contributed by atoms with Gasteiger partial charge in [0.2, 0.25) is 11.8 Å². The van der Waals surface area contributed by atoms with Gasteiger partial charge >= 0.3 is 0 Å². The molecule has 1 N–H and O–H groups in total. The average Bonchev–Trinajstić information content (AvgIpc) is 2.57. The Hall–Kier alpha value is -1.84. The molecule has 0 spiro atoms. The van der Waals surface area contributed by atoms with Gasteiger partial charge in [-0.2, -0.15) is 0 Å². The Kier molecular flexibility index (Phi) is 4.99. The van der Waals surface area contributed by atoms with Crippen LogP contribution in [0.2, 0.25) is 0 Å². The van der Waals surface area contributed by atoms with Crippen molar-refractivity contribution < 1.29 is 9.59 Å². The predicted molar refractivity (Wildman–Crippen MR) is 82.8 cm³/mol. The minimum absolute atomic E-state index is 0.0229. The Morgan fingerprint density at radius 1 is 1.29 bits per heavy atom. The Morgan fingerprint density at radius 2 is 2.05 bits per heavy atom. The monoisotopic (exact) mass is 288 g/mol. The summed E-state index contributed by atoms with van der Waals surface area (Å²) in [4.78, 5) is 26.2. The van der Waals surface area contributed by atoms with Crippen LogP contribution in [0.25, 0.3) is 0 Å². The Balaban J connectivity index is 2.18. The van der Waals surface area contributed by atoms with Gasteiger partial charge in [0, 0.05) is 19.5 Å². The molecule has 21 heavy (non-hydrogen) atoms. The number of carbonyl (C=O) groups excluding carboxylic acids is 2. The SMILES string of the molecule is CCCC1NC(=O)CCN(Cc2cc(C)ccc2C)C1=O. The molecule has 4 heteroatoms. The van der Waals surface area contributed by atoms with Gasteiger partial charge in [0.05, 0.1) is 0 Å². The number of aryl methyl sites for hydroxylation is 2. The number of nitrogens with zero attached hydrogens (tertiary/aromatic N) is 1. The lowest BCUT2D eigenvalue weighted by molar-refractivity contribution is -0.134. The van der Waals surface area contributed by atoms with E-state index in [4.69, 9.17) is 0 Å². The zero-order chi connectivity index (χ0) is 15.4. The molecule has 1 unspecified atom stereocenters. The van der Waals surface area contributed by atoms with Crippen LogP contribution >= 0.6 is 0 Å². The molecule has 1 aromatic carbocycles. The number of amides is 2. The van der Waals surface area contributed by atoms with Gasteiger partial charge in [0.15, 0.2) is 0 Å². The molecule has 1 heterocycles. The van der Waals surface area contributed by atoms with E-state index in [-0.39, 0.29) is 17.9 Å². The molecule has 1 atom stereocenters. The van der Waals surface area contributed by atoms with E-state index in [9.17, 15) is 9.59 Å². The Labute approximate surface area is 126 Å². The van der Waals surface area contributed by atoms with Crippen LogP contribution in [0.1, 0.15) is 42.9 Å². The van der Waals surface area contributed by atoms with Crippen molar-refractivity contribution in [2.75, 3.05) is 6.54 Å². The Bertz CT molecular complexity index is 540. The van der Waals surface area contributed by atoms with E-state index in [0.717, 1.165) is 12.0 Å². The molecule has 2 amide bonds. The van der Waals surface area contributed by atoms with Crippen molar-refractivity contribution in [3.63, 3.8) is 0 Å². The average molecular weight is 288 g/mol. The molecule has 0 bridgehead atoms. The van der Waals surface area contributed by atoms with Crippen LogP contribution in [0, 0.1) is 13.8 Å². The van der Waals surface area contributed by atoms with Crippen molar-refractivity contribution in [1.82, 2.24) is 10.2 Å². The van der Waals surface area contributed by atoms with Crippen LogP contribution in [-0.2, 0) is 16.1 Å². The maximum atomic E-state index is 12.6. The third kappa shape index (κ3) is 3.84. The van der Waals surface area contributed by atoms with Crippen LogP contribution in [0.5, 0.6) is 0 Å². The maximum Gasteiger partial charge on any atom is 0.245 e. The number of nitrogens with one attached hydrogen (secondary N) is 1. The lowest BCUT2D eigenvalue weighted by Gasteiger charge is -2.24. The second-order valence-electron chi connectivity index (χ2n) is 5.85. The lowest BCUT2D eigenvalue weighted by atomic mass is 10.0. The van der Waals surface area contributed by atoms with Gasteiger partial charge in [-0.15, -0.1) is 0 Å². The van der Waals surface area contributed by atoms with Crippen molar-refractivity contribution in [2.45, 2.75) is 52.6 Å². The van der Waals surface area contributed by atoms with Crippen LogP contribution in [-0.4, -0.2) is 29.3 Å². The molecule has 1 aliphatic heterocycles. The van der Waals surface area contributed by atoms with Gasteiger partial charge < -0.3 is 10.2 Å². The highest BCUT2D eigenvalue weighted by Crippen LogP contribution is 2.16. The standard InChI is InChI=1S/C17H24N2O2/c1-4-5-15-17(21)19(9-8-16(20)18-15)11-14-10-12(2)6-7-13(14)3/h6-7,10,15H,4-5,8-9,11H2,1-3H3,(H,18,20). The fourth-order valence-corrected chi connectivity index (χ4v) is 2.71. The first-order valence-electron chi connectivity index (χ1n) is 7.65. The zero-order valence-corrected chi connectivity index (χ0v) is 13.1. The Morgan fingerprint density at radius 3 is 2.76 bits per heavy atom. The molecular formula is C17H24N2O2. The van der Waals surface area contributed by atoms with Crippen LogP contribution < -0.4 is 5.32 Å². The number of hydrogen-bond acceptors (Lipinski definition) is 2. The molecule has 2 rings (SSSR count). The van der Waals surface area contributed by atoms with Crippen LogP contribution in [0.3, 0.4) is 0 Å². The summed E-state index contributed by atoms with van der Waals surface area (Å²) in [6.45, 7) is 7.22. The van der Waals surface area contributed by atoms with Gasteiger partial charge in [-0.1, -0.05) is 37.1 Å². The van der Waals surface area contributed by atoms with E-state index in [1.54, 1.807) is 0 Å². The summed E-state index contributed by atoms with van der Waals surface area (Å²) in [6.07, 6.45) is 1.97. The molecular weight excluding hydrogens is 264 g/mol. The van der Waals surface area contributed by atoms with Crippen molar-refractivity contribution in [1.29, 1.82) is 0 Å². The molecule has 0 radical (unpaired) electrons. The van der Waals surface area contributed by atoms with E-state index in [0.29, 0.717) is 25.9 Å². The summed E-state index contributed by atoms with van der Waals surface area (Å²) in [5.41, 5.74) is 3.54. The summed E-state index contributed by atoms with van der Waals surface area (Å²) in [7, 11) is 0. The topological polar surface area (TPSA) is 49.4 Å². The molecule has 1 saturated heterocycles. The van der Waals surface area contributed by atoms with Crippen LogP contribution in [0.15, 0.2) is 18.2 Å². The first-order chi connectivity index (χ1) is 10.0. The van der Waals surface area contributed by atoms with Crippen molar-refractivity contribution in [2.24, 2.45) is 0 Å². The van der Waals surface area contributed by atoms with Gasteiger partial charge in [0.1, 0.15) is 6.04 Å². The van der Waals surface area contributed by atoms with Crippen molar-refractivity contribution in [3.8, 4) is 0 Å². The van der Waals surface area contributed by atoms with Crippen molar-refractivity contribution in [3.05, 3.63) is 34.9 Å². The van der Waals surface area contributed by atoms with Gasteiger partial charge in [-0.05, 0) is 31.4 Å². The summed E-state index contributed by atoms with van der Waals surface area (Å²) < 4.78 is 0. The second kappa shape index (κ2) is 6.74. The quantitative estimate of drug-likeness (QED) is 0.924. The second-order valence-corrected chi connectivity index (χ2v) is 5.85. The largest absolute Gasteiger partial charge is 0.344 e. The fraction of sp³-hybridized carbons (Fsp3) is 0.529.